The number of carbonyl (C=O) groups is 2. The number of hydrogen-bond donors (Lipinski definition) is 3. The van der Waals surface area contributed by atoms with E-state index in [2.05, 4.69) is 5.32 Å². The average molecular weight is 268 g/mol. The van der Waals surface area contributed by atoms with Crippen molar-refractivity contribution in [2.45, 2.75) is 56.9 Å². The molecule has 0 radical (unpaired) electrons. The molecule has 2 fully saturated rings. The Labute approximate surface area is 113 Å². The third-order valence-corrected chi connectivity index (χ3v) is 4.75. The molecule has 1 amide bonds. The molecule has 2 saturated carbocycles. The molecule has 5 nitrogen and oxygen atoms in total. The maximum Gasteiger partial charge on any atom is 0.323 e. The summed E-state index contributed by atoms with van der Waals surface area (Å²) in [6.45, 7) is 0.757. The summed E-state index contributed by atoms with van der Waals surface area (Å²) in [7, 11) is 0. The number of amides is 1. The van der Waals surface area contributed by atoms with E-state index in [9.17, 15) is 9.59 Å². The minimum absolute atomic E-state index is 0.0579. The average Bonchev–Trinajstić information content (AvgIpc) is 2.33. The van der Waals surface area contributed by atoms with Crippen molar-refractivity contribution in [1.82, 2.24) is 5.32 Å². The number of rotatable bonds is 5. The second-order valence-electron chi connectivity index (χ2n) is 6.11. The van der Waals surface area contributed by atoms with Crippen molar-refractivity contribution in [3.05, 3.63) is 0 Å². The van der Waals surface area contributed by atoms with Crippen molar-refractivity contribution < 1.29 is 14.7 Å². The Morgan fingerprint density at radius 2 is 1.84 bits per heavy atom. The Balaban J connectivity index is 1.68. The molecule has 5 heteroatoms. The predicted octanol–water partition coefficient (Wildman–Crippen LogP) is 1.27. The first-order chi connectivity index (χ1) is 9.01. The molecule has 0 heterocycles. The molecule has 2 rings (SSSR count). The van der Waals surface area contributed by atoms with Gasteiger partial charge in [-0.2, -0.15) is 0 Å². The molecule has 19 heavy (non-hydrogen) atoms. The van der Waals surface area contributed by atoms with Gasteiger partial charge in [0, 0.05) is 12.5 Å². The summed E-state index contributed by atoms with van der Waals surface area (Å²) in [5, 5.41) is 12.0. The summed E-state index contributed by atoms with van der Waals surface area (Å²) >= 11 is 0. The van der Waals surface area contributed by atoms with Crippen LogP contribution in [0.1, 0.15) is 51.4 Å². The first-order valence-electron chi connectivity index (χ1n) is 7.31. The molecule has 0 unspecified atom stereocenters. The highest BCUT2D eigenvalue weighted by Crippen LogP contribution is 2.31. The molecular formula is C14H24N2O3. The Morgan fingerprint density at radius 3 is 2.32 bits per heavy atom. The minimum Gasteiger partial charge on any atom is -0.480 e. The van der Waals surface area contributed by atoms with Gasteiger partial charge < -0.3 is 16.2 Å². The molecule has 2 aliphatic rings. The molecule has 0 aliphatic heterocycles. The van der Waals surface area contributed by atoms with Crippen molar-refractivity contribution in [3.63, 3.8) is 0 Å². The molecule has 2 aliphatic carbocycles. The van der Waals surface area contributed by atoms with E-state index in [1.54, 1.807) is 0 Å². The highest BCUT2D eigenvalue weighted by molar-refractivity contribution is 5.81. The number of nitrogens with one attached hydrogen (secondary N) is 1. The molecule has 0 aromatic carbocycles. The summed E-state index contributed by atoms with van der Waals surface area (Å²) < 4.78 is 0. The van der Waals surface area contributed by atoms with Gasteiger partial charge in [-0.05, 0) is 38.0 Å². The maximum absolute atomic E-state index is 12.0. The van der Waals surface area contributed by atoms with Crippen molar-refractivity contribution >= 4 is 11.9 Å². The smallest absolute Gasteiger partial charge is 0.323 e. The van der Waals surface area contributed by atoms with E-state index in [-0.39, 0.29) is 11.8 Å². The SMILES string of the molecule is NC1(C(=O)O)CCC(C(=O)NCCC2CCC2)CC1. The van der Waals surface area contributed by atoms with Crippen LogP contribution in [0.15, 0.2) is 0 Å². The summed E-state index contributed by atoms with van der Waals surface area (Å²) in [6, 6.07) is 0. The van der Waals surface area contributed by atoms with Gasteiger partial charge in [-0.15, -0.1) is 0 Å². The van der Waals surface area contributed by atoms with Crippen molar-refractivity contribution in [3.8, 4) is 0 Å². The minimum atomic E-state index is -1.12. The van der Waals surface area contributed by atoms with Gasteiger partial charge in [0.15, 0.2) is 0 Å². The predicted molar refractivity (Wildman–Crippen MR) is 71.5 cm³/mol. The number of carboxylic acid groups (broad SMARTS) is 1. The number of nitrogens with two attached hydrogens (primary N) is 1. The zero-order valence-electron chi connectivity index (χ0n) is 11.4. The summed E-state index contributed by atoms with van der Waals surface area (Å²) in [6.07, 6.45) is 6.95. The zero-order chi connectivity index (χ0) is 13.9. The van der Waals surface area contributed by atoms with Crippen LogP contribution in [0.2, 0.25) is 0 Å². The van der Waals surface area contributed by atoms with E-state index in [4.69, 9.17) is 10.8 Å². The molecule has 0 spiro atoms. The van der Waals surface area contributed by atoms with Crippen LogP contribution in [0.5, 0.6) is 0 Å². The lowest BCUT2D eigenvalue weighted by Gasteiger charge is -2.33. The van der Waals surface area contributed by atoms with Crippen LogP contribution < -0.4 is 11.1 Å². The van der Waals surface area contributed by atoms with Gasteiger partial charge in [0.25, 0.3) is 0 Å². The number of carbonyl (C=O) groups excluding carboxylic acids is 1. The van der Waals surface area contributed by atoms with Crippen LogP contribution >= 0.6 is 0 Å². The van der Waals surface area contributed by atoms with Gasteiger partial charge in [0.05, 0.1) is 0 Å². The van der Waals surface area contributed by atoms with Gasteiger partial charge in [-0.3, -0.25) is 9.59 Å². The van der Waals surface area contributed by atoms with Crippen molar-refractivity contribution in [1.29, 1.82) is 0 Å². The normalized spacial score (nSPS) is 31.5. The van der Waals surface area contributed by atoms with Crippen LogP contribution in [0, 0.1) is 11.8 Å². The second-order valence-corrected chi connectivity index (χ2v) is 6.11. The van der Waals surface area contributed by atoms with Crippen LogP contribution in [0.4, 0.5) is 0 Å². The molecular weight excluding hydrogens is 244 g/mol. The van der Waals surface area contributed by atoms with E-state index < -0.39 is 11.5 Å². The lowest BCUT2D eigenvalue weighted by molar-refractivity contribution is -0.146. The summed E-state index contributed by atoms with van der Waals surface area (Å²) in [5.74, 6) is -0.129. The first kappa shape index (κ1) is 14.3. The number of carboxylic acids is 1. The lowest BCUT2D eigenvalue weighted by Crippen LogP contribution is -2.51. The fourth-order valence-electron chi connectivity index (χ4n) is 2.93. The highest BCUT2D eigenvalue weighted by Gasteiger charge is 2.39. The molecule has 4 N–H and O–H groups in total. The van der Waals surface area contributed by atoms with E-state index in [0.717, 1.165) is 18.9 Å². The van der Waals surface area contributed by atoms with Crippen LogP contribution in [-0.2, 0) is 9.59 Å². The molecule has 0 saturated heterocycles. The van der Waals surface area contributed by atoms with Crippen LogP contribution in [-0.4, -0.2) is 29.1 Å². The highest BCUT2D eigenvalue weighted by atomic mass is 16.4. The van der Waals surface area contributed by atoms with Crippen molar-refractivity contribution in [2.24, 2.45) is 17.6 Å². The van der Waals surface area contributed by atoms with Gasteiger partial charge in [0.1, 0.15) is 5.54 Å². The summed E-state index contributed by atoms with van der Waals surface area (Å²) in [5.41, 5.74) is 4.68. The second kappa shape index (κ2) is 5.90. The Morgan fingerprint density at radius 1 is 1.21 bits per heavy atom. The van der Waals surface area contributed by atoms with E-state index in [0.29, 0.717) is 25.7 Å². The third kappa shape index (κ3) is 3.47. The lowest BCUT2D eigenvalue weighted by atomic mass is 9.76. The van der Waals surface area contributed by atoms with Gasteiger partial charge >= 0.3 is 5.97 Å². The standard InChI is InChI=1S/C14H24N2O3/c15-14(13(18)19)7-4-11(5-8-14)12(17)16-9-6-10-2-1-3-10/h10-11H,1-9,15H2,(H,16,17)(H,18,19). The Hall–Kier alpha value is -1.10. The Kier molecular flexibility index (Phi) is 4.45. The van der Waals surface area contributed by atoms with E-state index in [1.165, 1.54) is 19.3 Å². The van der Waals surface area contributed by atoms with Crippen molar-refractivity contribution in [2.75, 3.05) is 6.54 Å². The quantitative estimate of drug-likeness (QED) is 0.700. The molecule has 0 bridgehead atoms. The van der Waals surface area contributed by atoms with E-state index in [1.807, 2.05) is 0 Å². The van der Waals surface area contributed by atoms with E-state index >= 15 is 0 Å². The van der Waals surface area contributed by atoms with Gasteiger partial charge in [-0.1, -0.05) is 19.3 Å². The van der Waals surface area contributed by atoms with Crippen LogP contribution in [0.3, 0.4) is 0 Å². The zero-order valence-corrected chi connectivity index (χ0v) is 11.4. The Bertz CT molecular complexity index is 345. The maximum atomic E-state index is 12.0. The van der Waals surface area contributed by atoms with Crippen LogP contribution in [0.25, 0.3) is 0 Å². The fourth-order valence-corrected chi connectivity index (χ4v) is 2.93. The third-order valence-electron chi connectivity index (χ3n) is 4.75. The largest absolute Gasteiger partial charge is 0.480 e. The number of hydrogen-bond acceptors (Lipinski definition) is 3. The molecule has 108 valence electrons. The monoisotopic (exact) mass is 268 g/mol. The number of aliphatic carboxylic acids is 1. The fraction of sp³-hybridized carbons (Fsp3) is 0.857. The summed E-state index contributed by atoms with van der Waals surface area (Å²) in [4.78, 5) is 23.0. The van der Waals surface area contributed by atoms with Gasteiger partial charge in [0.2, 0.25) is 5.91 Å². The molecule has 0 aromatic rings. The topological polar surface area (TPSA) is 92.4 Å². The molecule has 0 atom stereocenters. The van der Waals surface area contributed by atoms with Gasteiger partial charge in [-0.25, -0.2) is 0 Å². The molecule has 0 aromatic heterocycles. The first-order valence-corrected chi connectivity index (χ1v) is 7.31.